The summed E-state index contributed by atoms with van der Waals surface area (Å²) in [6.07, 6.45) is 0.547. The molecular weight excluding hydrogens is 348 g/mol. The van der Waals surface area contributed by atoms with Gasteiger partial charge in [0.05, 0.1) is 0 Å². The summed E-state index contributed by atoms with van der Waals surface area (Å²) in [5, 5.41) is 8.69. The zero-order chi connectivity index (χ0) is 19.4. The van der Waals surface area contributed by atoms with Crippen molar-refractivity contribution in [2.24, 2.45) is 0 Å². The summed E-state index contributed by atoms with van der Waals surface area (Å²) in [4.78, 5) is 39.3. The highest BCUT2D eigenvalue weighted by molar-refractivity contribution is 6.03. The molecule has 0 aliphatic carbocycles. The van der Waals surface area contributed by atoms with Crippen LogP contribution >= 0.6 is 0 Å². The maximum Gasteiger partial charge on any atom is 0.341 e. The first-order valence-electron chi connectivity index (χ1n) is 8.55. The number of hydrogen-bond donors (Lipinski definition) is 1. The number of hydrogen-bond acceptors (Lipinski definition) is 4. The van der Waals surface area contributed by atoms with Crippen LogP contribution in [0.4, 0.5) is 5.69 Å². The van der Waals surface area contributed by atoms with E-state index >= 15 is 0 Å². The molecular formula is C20H20N2O5. The van der Waals surface area contributed by atoms with Gasteiger partial charge >= 0.3 is 5.97 Å². The molecule has 0 spiro atoms. The third kappa shape index (κ3) is 4.08. The first-order chi connectivity index (χ1) is 13.0. The highest BCUT2D eigenvalue weighted by Crippen LogP contribution is 2.25. The summed E-state index contributed by atoms with van der Waals surface area (Å²) in [5.74, 6) is -1.24. The zero-order valence-corrected chi connectivity index (χ0v) is 14.9. The van der Waals surface area contributed by atoms with Crippen LogP contribution in [0.5, 0.6) is 5.75 Å². The van der Waals surface area contributed by atoms with E-state index in [1.54, 1.807) is 30.1 Å². The van der Waals surface area contributed by atoms with Gasteiger partial charge in [-0.25, -0.2) is 4.79 Å². The SMILES string of the molecule is CN(C(=O)c1cccc(OCC(=O)O)c1)C1CCN(c2ccccc2)C1=O. The van der Waals surface area contributed by atoms with Gasteiger partial charge in [0.1, 0.15) is 11.8 Å². The van der Waals surface area contributed by atoms with Gasteiger partial charge in [-0.1, -0.05) is 24.3 Å². The Hall–Kier alpha value is -3.35. The summed E-state index contributed by atoms with van der Waals surface area (Å²) in [6, 6.07) is 15.1. The Bertz CT molecular complexity index is 852. The second-order valence-corrected chi connectivity index (χ2v) is 6.26. The third-order valence-electron chi connectivity index (χ3n) is 4.48. The molecule has 1 aliphatic heterocycles. The van der Waals surface area contributed by atoms with E-state index in [1.807, 2.05) is 30.3 Å². The molecule has 1 atom stereocenters. The number of carboxylic acids is 1. The van der Waals surface area contributed by atoms with Crippen molar-refractivity contribution in [1.82, 2.24) is 4.90 Å². The number of para-hydroxylation sites is 1. The lowest BCUT2D eigenvalue weighted by Crippen LogP contribution is -2.43. The lowest BCUT2D eigenvalue weighted by Gasteiger charge is -2.24. The van der Waals surface area contributed by atoms with Crippen LogP contribution in [0.15, 0.2) is 54.6 Å². The van der Waals surface area contributed by atoms with Crippen molar-refractivity contribution < 1.29 is 24.2 Å². The molecule has 27 heavy (non-hydrogen) atoms. The molecule has 1 fully saturated rings. The van der Waals surface area contributed by atoms with Crippen molar-refractivity contribution >= 4 is 23.5 Å². The second-order valence-electron chi connectivity index (χ2n) is 6.26. The third-order valence-corrected chi connectivity index (χ3v) is 4.48. The van der Waals surface area contributed by atoms with Crippen molar-refractivity contribution in [2.75, 3.05) is 25.1 Å². The molecule has 140 valence electrons. The van der Waals surface area contributed by atoms with E-state index in [1.165, 1.54) is 11.0 Å². The first kappa shape index (κ1) is 18.4. The van der Waals surface area contributed by atoms with Gasteiger partial charge in [-0.2, -0.15) is 0 Å². The number of carbonyl (C=O) groups is 3. The van der Waals surface area contributed by atoms with Gasteiger partial charge in [0, 0.05) is 24.8 Å². The quantitative estimate of drug-likeness (QED) is 0.843. The van der Waals surface area contributed by atoms with E-state index < -0.39 is 18.6 Å². The molecule has 0 bridgehead atoms. The van der Waals surface area contributed by atoms with Gasteiger partial charge in [-0.15, -0.1) is 0 Å². The Morgan fingerprint density at radius 2 is 1.93 bits per heavy atom. The number of anilines is 1. The molecule has 1 saturated heterocycles. The van der Waals surface area contributed by atoms with Gasteiger partial charge in [0.15, 0.2) is 6.61 Å². The van der Waals surface area contributed by atoms with E-state index in [0.29, 0.717) is 24.3 Å². The fourth-order valence-electron chi connectivity index (χ4n) is 3.10. The van der Waals surface area contributed by atoms with Crippen LogP contribution in [0, 0.1) is 0 Å². The molecule has 1 aliphatic rings. The van der Waals surface area contributed by atoms with E-state index in [9.17, 15) is 14.4 Å². The number of ether oxygens (including phenoxy) is 1. The molecule has 0 radical (unpaired) electrons. The molecule has 2 amide bonds. The Labute approximate surface area is 156 Å². The fraction of sp³-hybridized carbons (Fsp3) is 0.250. The van der Waals surface area contributed by atoms with Gasteiger partial charge in [0.25, 0.3) is 5.91 Å². The lowest BCUT2D eigenvalue weighted by molar-refractivity contribution is -0.139. The molecule has 1 unspecified atom stereocenters. The Kier molecular flexibility index (Phi) is 5.40. The highest BCUT2D eigenvalue weighted by atomic mass is 16.5. The predicted octanol–water partition coefficient (Wildman–Crippen LogP) is 2.03. The molecule has 2 aromatic rings. The molecule has 1 heterocycles. The Morgan fingerprint density at radius 3 is 2.63 bits per heavy atom. The van der Waals surface area contributed by atoms with E-state index in [-0.39, 0.29) is 11.8 Å². The van der Waals surface area contributed by atoms with Gasteiger partial charge < -0.3 is 19.6 Å². The van der Waals surface area contributed by atoms with Crippen LogP contribution in [0.25, 0.3) is 0 Å². The van der Waals surface area contributed by atoms with Crippen molar-refractivity contribution in [3.63, 3.8) is 0 Å². The van der Waals surface area contributed by atoms with E-state index in [4.69, 9.17) is 9.84 Å². The number of carboxylic acid groups (broad SMARTS) is 1. The molecule has 2 aromatic carbocycles. The molecule has 7 heteroatoms. The van der Waals surface area contributed by atoms with Gasteiger partial charge in [0.2, 0.25) is 5.91 Å². The van der Waals surface area contributed by atoms with Crippen molar-refractivity contribution in [2.45, 2.75) is 12.5 Å². The lowest BCUT2D eigenvalue weighted by atomic mass is 10.1. The number of carbonyl (C=O) groups excluding carboxylic acids is 2. The normalized spacial score (nSPS) is 16.3. The summed E-state index contributed by atoms with van der Waals surface area (Å²) >= 11 is 0. The van der Waals surface area contributed by atoms with Crippen molar-refractivity contribution in [3.8, 4) is 5.75 Å². The van der Waals surface area contributed by atoms with Crippen molar-refractivity contribution in [3.05, 3.63) is 60.2 Å². The summed E-state index contributed by atoms with van der Waals surface area (Å²) < 4.78 is 5.11. The van der Waals surface area contributed by atoms with E-state index in [2.05, 4.69) is 0 Å². The maximum atomic E-state index is 12.8. The predicted molar refractivity (Wildman–Crippen MR) is 98.9 cm³/mol. The summed E-state index contributed by atoms with van der Waals surface area (Å²) in [7, 11) is 1.60. The minimum absolute atomic E-state index is 0.115. The van der Waals surface area contributed by atoms with Crippen LogP contribution in [-0.4, -0.2) is 54.0 Å². The maximum absolute atomic E-state index is 12.8. The van der Waals surface area contributed by atoms with Crippen LogP contribution < -0.4 is 9.64 Å². The Balaban J connectivity index is 1.71. The minimum Gasteiger partial charge on any atom is -0.482 e. The monoisotopic (exact) mass is 368 g/mol. The van der Waals surface area contributed by atoms with Crippen molar-refractivity contribution in [1.29, 1.82) is 0 Å². The number of amides is 2. The summed E-state index contributed by atoms with van der Waals surface area (Å²) in [6.45, 7) is 0.0630. The van der Waals surface area contributed by atoms with Crippen LogP contribution in [0.2, 0.25) is 0 Å². The standard InChI is InChI=1S/C20H20N2O5/c1-21(17-10-11-22(20(17)26)15-7-3-2-4-8-15)19(25)14-6-5-9-16(12-14)27-13-18(23)24/h2-9,12,17H,10-11,13H2,1H3,(H,23,24). The fourth-order valence-corrected chi connectivity index (χ4v) is 3.10. The molecule has 1 N–H and O–H groups in total. The summed E-state index contributed by atoms with van der Waals surface area (Å²) in [5.41, 5.74) is 1.15. The number of benzene rings is 2. The van der Waals surface area contributed by atoms with Gasteiger partial charge in [-0.3, -0.25) is 9.59 Å². The van der Waals surface area contributed by atoms with Crippen LogP contribution in [0.1, 0.15) is 16.8 Å². The number of rotatable bonds is 6. The van der Waals surface area contributed by atoms with Crippen LogP contribution in [0.3, 0.4) is 0 Å². The molecule has 7 nitrogen and oxygen atoms in total. The Morgan fingerprint density at radius 1 is 1.19 bits per heavy atom. The smallest absolute Gasteiger partial charge is 0.341 e. The molecule has 3 rings (SSSR count). The molecule has 0 saturated carbocycles. The van der Waals surface area contributed by atoms with Crippen LogP contribution in [-0.2, 0) is 9.59 Å². The zero-order valence-electron chi connectivity index (χ0n) is 14.9. The first-order valence-corrected chi connectivity index (χ1v) is 8.55. The average Bonchev–Trinajstić information content (AvgIpc) is 3.07. The number of aliphatic carboxylic acids is 1. The highest BCUT2D eigenvalue weighted by Gasteiger charge is 2.37. The minimum atomic E-state index is -1.10. The van der Waals surface area contributed by atoms with E-state index in [0.717, 1.165) is 5.69 Å². The second kappa shape index (κ2) is 7.90. The largest absolute Gasteiger partial charge is 0.482 e. The number of nitrogens with zero attached hydrogens (tertiary/aromatic N) is 2. The van der Waals surface area contributed by atoms with Gasteiger partial charge in [-0.05, 0) is 36.8 Å². The topological polar surface area (TPSA) is 87.2 Å². The number of likely N-dealkylation sites (N-methyl/N-ethyl adjacent to an activating group) is 1. The average molecular weight is 368 g/mol. The molecule has 0 aromatic heterocycles.